The maximum absolute atomic E-state index is 5.28. The number of methoxy groups -OCH3 is 1. The molecule has 0 aromatic rings. The Hall–Kier alpha value is -0.120. The maximum Gasteiger partial charge on any atom is 0.0615 e. The topological polar surface area (TPSA) is 15.7 Å². The Balaban J connectivity index is 1.91. The Morgan fingerprint density at radius 2 is 2.00 bits per heavy atom. The number of piperidine rings is 1. The first-order valence-electron chi connectivity index (χ1n) is 6.78. The van der Waals surface area contributed by atoms with Crippen LogP contribution < -0.4 is 0 Å². The molecular weight excluding hydrogens is 200 g/mol. The number of fused-ring (bicyclic) bond motifs is 1. The van der Waals surface area contributed by atoms with Crippen molar-refractivity contribution in [2.75, 3.05) is 39.9 Å². The van der Waals surface area contributed by atoms with Crippen LogP contribution in [-0.2, 0) is 4.74 Å². The highest BCUT2D eigenvalue weighted by atomic mass is 16.5. The highest BCUT2D eigenvalue weighted by Gasteiger charge is 2.28. The maximum atomic E-state index is 5.28. The Morgan fingerprint density at radius 3 is 2.81 bits per heavy atom. The first-order valence-corrected chi connectivity index (χ1v) is 6.78. The van der Waals surface area contributed by atoms with Gasteiger partial charge in [-0.15, -0.1) is 0 Å². The molecule has 2 heterocycles. The molecule has 2 unspecified atom stereocenters. The molecule has 2 rings (SSSR count). The molecule has 0 aromatic heterocycles. The molecule has 2 aliphatic rings. The molecule has 3 nitrogen and oxygen atoms in total. The van der Waals surface area contributed by atoms with Gasteiger partial charge in [-0.1, -0.05) is 6.42 Å². The lowest BCUT2D eigenvalue weighted by atomic mass is 10.0. The monoisotopic (exact) mass is 226 g/mol. The fourth-order valence-electron chi connectivity index (χ4n) is 3.15. The van der Waals surface area contributed by atoms with E-state index < -0.39 is 0 Å². The van der Waals surface area contributed by atoms with E-state index in [2.05, 4.69) is 16.7 Å². The molecule has 2 atom stereocenters. The summed E-state index contributed by atoms with van der Waals surface area (Å²) in [5.41, 5.74) is 0. The van der Waals surface area contributed by atoms with Crippen molar-refractivity contribution >= 4 is 0 Å². The van der Waals surface area contributed by atoms with Crippen LogP contribution in [0.25, 0.3) is 0 Å². The van der Waals surface area contributed by atoms with Gasteiger partial charge in [0.15, 0.2) is 0 Å². The second-order valence-corrected chi connectivity index (χ2v) is 5.34. The third-order valence-corrected chi connectivity index (χ3v) is 4.12. The summed E-state index contributed by atoms with van der Waals surface area (Å²) in [6, 6.07) is 1.39. The van der Waals surface area contributed by atoms with Crippen LogP contribution in [-0.4, -0.2) is 61.8 Å². The summed E-state index contributed by atoms with van der Waals surface area (Å²) in [4.78, 5) is 5.34. The molecule has 2 fully saturated rings. The van der Waals surface area contributed by atoms with Crippen molar-refractivity contribution in [3.8, 4) is 0 Å². The summed E-state index contributed by atoms with van der Waals surface area (Å²) >= 11 is 0. The Kier molecular flexibility index (Phi) is 4.62. The van der Waals surface area contributed by atoms with Crippen LogP contribution in [0.5, 0.6) is 0 Å². The fourth-order valence-corrected chi connectivity index (χ4v) is 3.15. The van der Waals surface area contributed by atoms with Crippen molar-refractivity contribution in [3.05, 3.63) is 0 Å². The lowest BCUT2D eigenvalue weighted by Gasteiger charge is -2.36. The van der Waals surface area contributed by atoms with E-state index in [9.17, 15) is 0 Å². The molecule has 2 aliphatic heterocycles. The van der Waals surface area contributed by atoms with Crippen molar-refractivity contribution in [3.63, 3.8) is 0 Å². The molecule has 0 spiro atoms. The number of ether oxygens (including phenoxy) is 1. The first-order chi connectivity index (χ1) is 7.81. The number of nitrogens with zero attached hydrogens (tertiary/aromatic N) is 2. The lowest BCUT2D eigenvalue weighted by molar-refractivity contribution is 0.0800. The summed E-state index contributed by atoms with van der Waals surface area (Å²) < 4.78 is 5.28. The summed E-state index contributed by atoms with van der Waals surface area (Å²) in [5.74, 6) is 0. The second-order valence-electron chi connectivity index (χ2n) is 5.34. The number of hydrogen-bond donors (Lipinski definition) is 0. The van der Waals surface area contributed by atoms with Crippen molar-refractivity contribution in [1.29, 1.82) is 0 Å². The molecule has 0 aromatic carbocycles. The van der Waals surface area contributed by atoms with Crippen molar-refractivity contribution < 1.29 is 4.74 Å². The van der Waals surface area contributed by atoms with E-state index in [4.69, 9.17) is 4.74 Å². The van der Waals surface area contributed by atoms with Gasteiger partial charge in [-0.2, -0.15) is 0 Å². The standard InChI is InChI=1S/C13H26N2O/c1-12(11-16-2)15-9-5-8-14-7-4-3-6-13(14)10-15/h12-13H,3-11H2,1-2H3. The lowest BCUT2D eigenvalue weighted by Crippen LogP contribution is -2.46. The van der Waals surface area contributed by atoms with Crippen LogP contribution in [0.15, 0.2) is 0 Å². The molecule has 2 saturated heterocycles. The minimum absolute atomic E-state index is 0.576. The molecule has 0 saturated carbocycles. The minimum Gasteiger partial charge on any atom is -0.383 e. The van der Waals surface area contributed by atoms with E-state index in [1.807, 2.05) is 0 Å². The van der Waals surface area contributed by atoms with E-state index in [-0.39, 0.29) is 0 Å². The molecule has 0 bridgehead atoms. The largest absolute Gasteiger partial charge is 0.383 e. The van der Waals surface area contributed by atoms with E-state index in [0.717, 1.165) is 12.6 Å². The van der Waals surface area contributed by atoms with E-state index >= 15 is 0 Å². The first kappa shape index (κ1) is 12.3. The number of hydrogen-bond acceptors (Lipinski definition) is 3. The van der Waals surface area contributed by atoms with E-state index in [1.165, 1.54) is 51.9 Å². The Bertz CT molecular complexity index is 210. The average Bonchev–Trinajstić information content (AvgIpc) is 2.51. The molecule has 0 radical (unpaired) electrons. The highest BCUT2D eigenvalue weighted by Crippen LogP contribution is 2.21. The zero-order valence-corrected chi connectivity index (χ0v) is 10.8. The van der Waals surface area contributed by atoms with Gasteiger partial charge in [0.1, 0.15) is 0 Å². The quantitative estimate of drug-likeness (QED) is 0.727. The minimum atomic E-state index is 0.576. The predicted octanol–water partition coefficient (Wildman–Crippen LogP) is 1.58. The highest BCUT2D eigenvalue weighted by molar-refractivity contribution is 4.84. The van der Waals surface area contributed by atoms with Gasteiger partial charge in [-0.05, 0) is 45.8 Å². The molecule has 94 valence electrons. The zero-order chi connectivity index (χ0) is 11.4. The van der Waals surface area contributed by atoms with Gasteiger partial charge in [0.2, 0.25) is 0 Å². The van der Waals surface area contributed by atoms with Crippen LogP contribution in [0.2, 0.25) is 0 Å². The van der Waals surface area contributed by atoms with E-state index in [0.29, 0.717) is 6.04 Å². The van der Waals surface area contributed by atoms with Crippen LogP contribution in [0.4, 0.5) is 0 Å². The molecule has 0 aliphatic carbocycles. The predicted molar refractivity (Wildman–Crippen MR) is 66.7 cm³/mol. The third-order valence-electron chi connectivity index (χ3n) is 4.12. The summed E-state index contributed by atoms with van der Waals surface area (Å²) in [7, 11) is 1.81. The molecule has 3 heteroatoms. The van der Waals surface area contributed by atoms with Gasteiger partial charge in [0.05, 0.1) is 6.61 Å². The van der Waals surface area contributed by atoms with Crippen LogP contribution in [0.1, 0.15) is 32.6 Å². The average molecular weight is 226 g/mol. The summed E-state index contributed by atoms with van der Waals surface area (Å²) in [6.45, 7) is 8.30. The van der Waals surface area contributed by atoms with Crippen LogP contribution in [0.3, 0.4) is 0 Å². The van der Waals surface area contributed by atoms with Crippen molar-refractivity contribution in [2.24, 2.45) is 0 Å². The van der Waals surface area contributed by atoms with Crippen molar-refractivity contribution in [2.45, 2.75) is 44.7 Å². The van der Waals surface area contributed by atoms with E-state index in [1.54, 1.807) is 7.11 Å². The smallest absolute Gasteiger partial charge is 0.0615 e. The number of rotatable bonds is 3. The zero-order valence-electron chi connectivity index (χ0n) is 10.8. The van der Waals surface area contributed by atoms with Crippen LogP contribution in [0, 0.1) is 0 Å². The van der Waals surface area contributed by atoms with Gasteiger partial charge >= 0.3 is 0 Å². The molecule has 0 N–H and O–H groups in total. The summed E-state index contributed by atoms with van der Waals surface area (Å²) in [5, 5.41) is 0. The van der Waals surface area contributed by atoms with Crippen LogP contribution >= 0.6 is 0 Å². The second kappa shape index (κ2) is 5.99. The normalized spacial score (nSPS) is 30.8. The SMILES string of the molecule is COCC(C)N1CCCN2CCCCC2C1. The molecule has 16 heavy (non-hydrogen) atoms. The molecule has 0 amide bonds. The van der Waals surface area contributed by atoms with Gasteiger partial charge in [-0.3, -0.25) is 9.80 Å². The third kappa shape index (κ3) is 2.96. The van der Waals surface area contributed by atoms with Crippen molar-refractivity contribution in [1.82, 2.24) is 9.80 Å². The summed E-state index contributed by atoms with van der Waals surface area (Å²) in [6.07, 6.45) is 5.55. The van der Waals surface area contributed by atoms with Gasteiger partial charge in [0.25, 0.3) is 0 Å². The molecular formula is C13H26N2O. The Morgan fingerprint density at radius 1 is 1.19 bits per heavy atom. The fraction of sp³-hybridized carbons (Fsp3) is 1.00. The van der Waals surface area contributed by atoms with Gasteiger partial charge < -0.3 is 4.74 Å². The van der Waals surface area contributed by atoms with Gasteiger partial charge in [-0.25, -0.2) is 0 Å². The van der Waals surface area contributed by atoms with Gasteiger partial charge in [0, 0.05) is 25.7 Å². The Labute approximate surface area is 99.7 Å².